The zero-order valence-corrected chi connectivity index (χ0v) is 17.2. The topological polar surface area (TPSA) is 89.7 Å². The molecule has 2 aromatic carbocycles. The van der Waals surface area contributed by atoms with Crippen LogP contribution in [-0.4, -0.2) is 48.4 Å². The predicted octanol–water partition coefficient (Wildman–Crippen LogP) is 2.97. The van der Waals surface area contributed by atoms with E-state index in [1.54, 1.807) is 25.3 Å². The summed E-state index contributed by atoms with van der Waals surface area (Å²) in [6, 6.07) is 13.7. The number of methoxy groups -OCH3 is 1. The third-order valence-corrected chi connectivity index (χ3v) is 6.54. The second kappa shape index (κ2) is 7.32. The van der Waals surface area contributed by atoms with Gasteiger partial charge in [0.05, 0.1) is 17.5 Å². The van der Waals surface area contributed by atoms with Gasteiger partial charge in [0.25, 0.3) is 0 Å². The fraction of sp³-hybridized carbons (Fsp3) is 0.250. The van der Waals surface area contributed by atoms with E-state index in [0.717, 1.165) is 18.5 Å². The maximum Gasteiger partial charge on any atom is 0.229 e. The Balaban J connectivity index is 2.08. The van der Waals surface area contributed by atoms with E-state index in [-0.39, 0.29) is 15.6 Å². The van der Waals surface area contributed by atoms with Gasteiger partial charge in [0.15, 0.2) is 5.65 Å². The number of aromatic nitrogens is 4. The first kappa shape index (κ1) is 19.1. The van der Waals surface area contributed by atoms with Gasteiger partial charge in [0.1, 0.15) is 11.6 Å². The number of ether oxygens (including phenoxy) is 1. The van der Waals surface area contributed by atoms with Gasteiger partial charge in [-0.15, -0.1) is 5.10 Å². The van der Waals surface area contributed by atoms with Crippen LogP contribution < -0.4 is 9.64 Å². The molecular formula is C20H21N5O3S. The Bertz CT molecular complexity index is 1280. The second-order valence-electron chi connectivity index (χ2n) is 6.44. The molecule has 0 spiro atoms. The third kappa shape index (κ3) is 3.07. The fourth-order valence-electron chi connectivity index (χ4n) is 3.33. The van der Waals surface area contributed by atoms with Crippen molar-refractivity contribution in [3.63, 3.8) is 0 Å². The average molecular weight is 411 g/mol. The van der Waals surface area contributed by atoms with E-state index >= 15 is 0 Å². The van der Waals surface area contributed by atoms with Crippen LogP contribution in [0.15, 0.2) is 58.5 Å². The van der Waals surface area contributed by atoms with Crippen LogP contribution in [0.5, 0.6) is 5.75 Å². The van der Waals surface area contributed by atoms with Crippen LogP contribution in [-0.2, 0) is 9.84 Å². The molecule has 4 aromatic rings. The van der Waals surface area contributed by atoms with Crippen molar-refractivity contribution in [3.8, 4) is 5.75 Å². The highest BCUT2D eigenvalue weighted by Gasteiger charge is 2.27. The quantitative estimate of drug-likeness (QED) is 0.482. The summed E-state index contributed by atoms with van der Waals surface area (Å²) >= 11 is 0. The molecule has 2 heterocycles. The third-order valence-electron chi connectivity index (χ3n) is 4.87. The summed E-state index contributed by atoms with van der Waals surface area (Å²) in [5.74, 6) is 1.32. The molecule has 0 fully saturated rings. The molecule has 0 aliphatic carbocycles. The molecule has 0 bridgehead atoms. The van der Waals surface area contributed by atoms with E-state index in [2.05, 4.69) is 15.2 Å². The Morgan fingerprint density at radius 1 is 1.07 bits per heavy atom. The molecule has 0 aliphatic heterocycles. The number of fused-ring (bicyclic) bond motifs is 3. The molecule has 0 unspecified atom stereocenters. The number of nitrogens with zero attached hydrogens (tertiary/aromatic N) is 5. The molecule has 0 N–H and O–H groups in total. The van der Waals surface area contributed by atoms with Crippen molar-refractivity contribution in [1.82, 2.24) is 19.8 Å². The number of hydrogen-bond donors (Lipinski definition) is 0. The van der Waals surface area contributed by atoms with Crippen molar-refractivity contribution in [3.05, 3.63) is 48.5 Å². The molecule has 0 amide bonds. The number of benzene rings is 2. The van der Waals surface area contributed by atoms with Gasteiger partial charge in [-0.2, -0.15) is 4.52 Å². The molecule has 0 atom stereocenters. The van der Waals surface area contributed by atoms with E-state index in [1.807, 2.05) is 32.0 Å². The van der Waals surface area contributed by atoms with E-state index in [9.17, 15) is 8.42 Å². The zero-order valence-electron chi connectivity index (χ0n) is 16.4. The van der Waals surface area contributed by atoms with Crippen molar-refractivity contribution in [2.45, 2.75) is 23.8 Å². The number of sulfone groups is 1. The van der Waals surface area contributed by atoms with E-state index in [1.165, 1.54) is 16.6 Å². The lowest BCUT2D eigenvalue weighted by Gasteiger charge is -2.22. The van der Waals surface area contributed by atoms with Crippen LogP contribution in [0.25, 0.3) is 16.6 Å². The van der Waals surface area contributed by atoms with Gasteiger partial charge in [-0.3, -0.25) is 0 Å². The lowest BCUT2D eigenvalue weighted by Crippen LogP contribution is -2.23. The Morgan fingerprint density at radius 3 is 2.45 bits per heavy atom. The predicted molar refractivity (Wildman–Crippen MR) is 110 cm³/mol. The first-order chi connectivity index (χ1) is 14.0. The number of hydrogen-bond acceptors (Lipinski definition) is 7. The first-order valence-electron chi connectivity index (χ1n) is 9.29. The zero-order chi connectivity index (χ0) is 20.6. The Labute approximate surface area is 168 Å². The normalized spacial score (nSPS) is 11.8. The molecule has 0 saturated carbocycles. The smallest absolute Gasteiger partial charge is 0.229 e. The van der Waals surface area contributed by atoms with Gasteiger partial charge in [-0.25, -0.2) is 13.4 Å². The van der Waals surface area contributed by atoms with Gasteiger partial charge < -0.3 is 9.64 Å². The highest BCUT2D eigenvalue weighted by Crippen LogP contribution is 2.31. The van der Waals surface area contributed by atoms with Gasteiger partial charge in [-0.1, -0.05) is 23.4 Å². The minimum Gasteiger partial charge on any atom is -0.497 e. The maximum atomic E-state index is 13.2. The summed E-state index contributed by atoms with van der Waals surface area (Å²) in [6.45, 7) is 5.51. The van der Waals surface area contributed by atoms with Crippen molar-refractivity contribution in [1.29, 1.82) is 0 Å². The van der Waals surface area contributed by atoms with E-state index in [0.29, 0.717) is 17.1 Å². The van der Waals surface area contributed by atoms with E-state index in [4.69, 9.17) is 9.72 Å². The maximum absolute atomic E-state index is 13.2. The largest absolute Gasteiger partial charge is 0.497 e. The minimum absolute atomic E-state index is 0.152. The molecule has 2 aromatic heterocycles. The molecule has 4 rings (SSSR count). The summed E-state index contributed by atoms with van der Waals surface area (Å²) in [5.41, 5.74) is 0.870. The van der Waals surface area contributed by atoms with Crippen LogP contribution >= 0.6 is 0 Å². The number of anilines is 1. The molecule has 8 nitrogen and oxygen atoms in total. The fourth-order valence-corrected chi connectivity index (χ4v) is 4.59. The van der Waals surface area contributed by atoms with Crippen LogP contribution in [0, 0.1) is 0 Å². The first-order valence-corrected chi connectivity index (χ1v) is 10.8. The lowest BCUT2D eigenvalue weighted by molar-refractivity contribution is 0.415. The SMILES string of the molecule is CCN(CC)c1nc2c(S(=O)(=O)c3ccccc3)nnn2c2cc(OC)ccc12. The van der Waals surface area contributed by atoms with Gasteiger partial charge in [0.2, 0.25) is 14.9 Å². The van der Waals surface area contributed by atoms with Gasteiger partial charge >= 0.3 is 0 Å². The van der Waals surface area contributed by atoms with Gasteiger partial charge in [0, 0.05) is 24.5 Å². The molecule has 9 heteroatoms. The minimum atomic E-state index is -3.87. The van der Waals surface area contributed by atoms with Crippen LogP contribution in [0.3, 0.4) is 0 Å². The highest BCUT2D eigenvalue weighted by molar-refractivity contribution is 7.91. The highest BCUT2D eigenvalue weighted by atomic mass is 32.2. The standard InChI is InChI=1S/C20H21N5O3S/c1-4-24(5-2)18-16-12-11-14(28-3)13-17(16)25-19(21-18)20(22-23-25)29(26,27)15-9-7-6-8-10-15/h6-13H,4-5H2,1-3H3. The van der Waals surface area contributed by atoms with Gasteiger partial charge in [-0.05, 0) is 38.1 Å². The molecule has 0 aliphatic rings. The summed E-state index contributed by atoms with van der Waals surface area (Å²) in [5, 5.41) is 8.80. The van der Waals surface area contributed by atoms with E-state index < -0.39 is 9.84 Å². The summed E-state index contributed by atoms with van der Waals surface area (Å²) < 4.78 is 33.2. The second-order valence-corrected chi connectivity index (χ2v) is 8.30. The monoisotopic (exact) mass is 411 g/mol. The lowest BCUT2D eigenvalue weighted by atomic mass is 10.2. The number of rotatable bonds is 6. The summed E-state index contributed by atoms with van der Waals surface area (Å²) in [6.07, 6.45) is 0. The van der Waals surface area contributed by atoms with Crippen molar-refractivity contribution in [2.24, 2.45) is 0 Å². The van der Waals surface area contributed by atoms with Crippen LogP contribution in [0.1, 0.15) is 13.8 Å². The summed E-state index contributed by atoms with van der Waals surface area (Å²) in [7, 11) is -2.29. The molecule has 0 saturated heterocycles. The Morgan fingerprint density at radius 2 is 1.79 bits per heavy atom. The van der Waals surface area contributed by atoms with Crippen LogP contribution in [0.4, 0.5) is 5.82 Å². The Kier molecular flexibility index (Phi) is 4.83. The molecule has 150 valence electrons. The molecular weight excluding hydrogens is 390 g/mol. The Hall–Kier alpha value is -3.20. The summed E-state index contributed by atoms with van der Waals surface area (Å²) in [4.78, 5) is 6.92. The molecule has 29 heavy (non-hydrogen) atoms. The average Bonchev–Trinajstić information content (AvgIpc) is 3.20. The van der Waals surface area contributed by atoms with Crippen molar-refractivity contribution >= 4 is 32.2 Å². The van der Waals surface area contributed by atoms with Crippen LogP contribution in [0.2, 0.25) is 0 Å². The van der Waals surface area contributed by atoms with Crippen molar-refractivity contribution < 1.29 is 13.2 Å². The molecule has 0 radical (unpaired) electrons. The van der Waals surface area contributed by atoms with Crippen molar-refractivity contribution in [2.75, 3.05) is 25.1 Å².